The number of nitrogens with zero attached hydrogens (tertiary/aromatic N) is 1. The van der Waals surface area contributed by atoms with Crippen molar-refractivity contribution >= 4 is 11.7 Å². The molecule has 1 aromatic rings. The Hall–Kier alpha value is -1.65. The lowest BCUT2D eigenvalue weighted by Crippen LogP contribution is -2.29. The number of carboxylic acid groups (broad SMARTS) is 1. The Labute approximate surface area is 117 Å². The molecule has 0 aromatic heterocycles. The average Bonchev–Trinajstić information content (AvgIpc) is 3.18. The zero-order valence-corrected chi connectivity index (χ0v) is 11.7. The first kappa shape index (κ1) is 14.8. The molecule has 5 heteroatoms. The van der Waals surface area contributed by atoms with Gasteiger partial charge in [-0.15, -0.1) is 0 Å². The van der Waals surface area contributed by atoms with Gasteiger partial charge < -0.3 is 10.0 Å². The molecular weight excluding hydrogens is 264 g/mol. The number of rotatable bonds is 6. The number of hydrogen-bond donors (Lipinski definition) is 1. The number of carboxylic acids is 1. The number of benzene rings is 1. The van der Waals surface area contributed by atoms with E-state index in [-0.39, 0.29) is 11.7 Å². The fourth-order valence-corrected chi connectivity index (χ4v) is 2.21. The molecule has 0 unspecified atom stereocenters. The molecule has 20 heavy (non-hydrogen) atoms. The van der Waals surface area contributed by atoms with E-state index in [4.69, 9.17) is 5.11 Å². The van der Waals surface area contributed by atoms with Crippen molar-refractivity contribution in [1.82, 2.24) is 0 Å². The molecule has 1 aliphatic rings. The summed E-state index contributed by atoms with van der Waals surface area (Å²) in [4.78, 5) is 12.7. The standard InChI is InChI=1S/C15H19F2NO2/c1-9(2)7-8-18(10-3-4-10)12-6-5-11(15(19)20)13(16)14(12)17/h5-6,9-10H,3-4,7-8H2,1-2H3,(H,19,20). The molecule has 1 N–H and O–H groups in total. The average molecular weight is 283 g/mol. The Balaban J connectivity index is 2.29. The van der Waals surface area contributed by atoms with Gasteiger partial charge in [0.1, 0.15) is 0 Å². The van der Waals surface area contributed by atoms with Crippen molar-refractivity contribution in [2.45, 2.75) is 39.2 Å². The van der Waals surface area contributed by atoms with E-state index in [9.17, 15) is 13.6 Å². The Morgan fingerprint density at radius 3 is 2.50 bits per heavy atom. The van der Waals surface area contributed by atoms with Crippen LogP contribution >= 0.6 is 0 Å². The molecule has 0 bridgehead atoms. The Bertz CT molecular complexity index is 513. The second kappa shape index (κ2) is 5.77. The van der Waals surface area contributed by atoms with Gasteiger partial charge in [0.2, 0.25) is 0 Å². The van der Waals surface area contributed by atoms with Crippen LogP contribution in [0.25, 0.3) is 0 Å². The maximum absolute atomic E-state index is 14.1. The van der Waals surface area contributed by atoms with Gasteiger partial charge in [-0.2, -0.15) is 0 Å². The Morgan fingerprint density at radius 1 is 1.35 bits per heavy atom. The molecule has 0 amide bonds. The molecule has 1 aliphatic carbocycles. The maximum atomic E-state index is 14.1. The van der Waals surface area contributed by atoms with Gasteiger partial charge in [0, 0.05) is 12.6 Å². The van der Waals surface area contributed by atoms with Gasteiger partial charge in [-0.25, -0.2) is 13.6 Å². The molecule has 2 rings (SSSR count). The van der Waals surface area contributed by atoms with Crippen molar-refractivity contribution in [3.63, 3.8) is 0 Å². The second-order valence-electron chi connectivity index (χ2n) is 5.67. The largest absolute Gasteiger partial charge is 0.478 e. The van der Waals surface area contributed by atoms with E-state index in [1.54, 1.807) is 0 Å². The fraction of sp³-hybridized carbons (Fsp3) is 0.533. The van der Waals surface area contributed by atoms with Gasteiger partial charge in [-0.05, 0) is 37.3 Å². The number of carbonyl (C=O) groups is 1. The lowest BCUT2D eigenvalue weighted by molar-refractivity contribution is 0.0690. The third-order valence-corrected chi connectivity index (χ3v) is 3.54. The van der Waals surface area contributed by atoms with Crippen LogP contribution in [0.1, 0.15) is 43.5 Å². The molecule has 1 aromatic carbocycles. The van der Waals surface area contributed by atoms with Crippen molar-refractivity contribution in [3.05, 3.63) is 29.3 Å². The summed E-state index contributed by atoms with van der Waals surface area (Å²) >= 11 is 0. The normalized spacial score (nSPS) is 14.7. The summed E-state index contributed by atoms with van der Waals surface area (Å²) in [5, 5.41) is 8.80. The monoisotopic (exact) mass is 283 g/mol. The van der Waals surface area contributed by atoms with Crippen LogP contribution in [0.15, 0.2) is 12.1 Å². The molecule has 3 nitrogen and oxygen atoms in total. The quantitative estimate of drug-likeness (QED) is 0.865. The van der Waals surface area contributed by atoms with Gasteiger partial charge >= 0.3 is 5.97 Å². The third-order valence-electron chi connectivity index (χ3n) is 3.54. The van der Waals surface area contributed by atoms with Crippen LogP contribution in [-0.4, -0.2) is 23.7 Å². The molecule has 0 heterocycles. The molecule has 110 valence electrons. The molecule has 0 saturated heterocycles. The fourth-order valence-electron chi connectivity index (χ4n) is 2.21. The molecule has 0 spiro atoms. The zero-order chi connectivity index (χ0) is 14.9. The topological polar surface area (TPSA) is 40.5 Å². The highest BCUT2D eigenvalue weighted by atomic mass is 19.2. The highest BCUT2D eigenvalue weighted by Crippen LogP contribution is 2.35. The van der Waals surface area contributed by atoms with Crippen LogP contribution in [0.3, 0.4) is 0 Å². The minimum atomic E-state index is -1.45. The smallest absolute Gasteiger partial charge is 0.338 e. The first-order valence-electron chi connectivity index (χ1n) is 6.89. The van der Waals surface area contributed by atoms with Gasteiger partial charge in [-0.3, -0.25) is 0 Å². The van der Waals surface area contributed by atoms with Crippen molar-refractivity contribution in [1.29, 1.82) is 0 Å². The van der Waals surface area contributed by atoms with E-state index < -0.39 is 23.2 Å². The van der Waals surface area contributed by atoms with Crippen LogP contribution in [-0.2, 0) is 0 Å². The van der Waals surface area contributed by atoms with Crippen LogP contribution in [0.2, 0.25) is 0 Å². The minimum Gasteiger partial charge on any atom is -0.478 e. The highest BCUT2D eigenvalue weighted by Gasteiger charge is 2.32. The minimum absolute atomic E-state index is 0.177. The highest BCUT2D eigenvalue weighted by molar-refractivity contribution is 5.88. The first-order chi connectivity index (χ1) is 9.41. The molecule has 1 saturated carbocycles. The van der Waals surface area contributed by atoms with Gasteiger partial charge in [0.15, 0.2) is 11.6 Å². The summed E-state index contributed by atoms with van der Waals surface area (Å²) in [6.45, 7) is 4.82. The Morgan fingerprint density at radius 2 is 2.00 bits per heavy atom. The summed E-state index contributed by atoms with van der Waals surface area (Å²) in [7, 11) is 0. The summed E-state index contributed by atoms with van der Waals surface area (Å²) in [5.41, 5.74) is -0.443. The first-order valence-corrected chi connectivity index (χ1v) is 6.89. The zero-order valence-electron chi connectivity index (χ0n) is 11.7. The Kier molecular flexibility index (Phi) is 4.26. The summed E-state index contributed by atoms with van der Waals surface area (Å²) < 4.78 is 27.9. The lowest BCUT2D eigenvalue weighted by atomic mass is 10.1. The van der Waals surface area contributed by atoms with Crippen molar-refractivity contribution in [2.75, 3.05) is 11.4 Å². The van der Waals surface area contributed by atoms with Crippen LogP contribution in [0, 0.1) is 17.6 Å². The maximum Gasteiger partial charge on any atom is 0.338 e. The number of anilines is 1. The molecule has 0 atom stereocenters. The van der Waals surface area contributed by atoms with Gasteiger partial charge in [-0.1, -0.05) is 13.8 Å². The van der Waals surface area contributed by atoms with Crippen LogP contribution in [0.5, 0.6) is 0 Å². The third kappa shape index (κ3) is 3.08. The number of aromatic carboxylic acids is 1. The number of hydrogen-bond acceptors (Lipinski definition) is 2. The van der Waals surface area contributed by atoms with Gasteiger partial charge in [0.25, 0.3) is 0 Å². The van der Waals surface area contributed by atoms with Crippen molar-refractivity contribution < 1.29 is 18.7 Å². The molecule has 0 radical (unpaired) electrons. The van der Waals surface area contributed by atoms with E-state index in [1.807, 2.05) is 4.90 Å². The second-order valence-corrected chi connectivity index (χ2v) is 5.67. The van der Waals surface area contributed by atoms with Crippen LogP contribution in [0.4, 0.5) is 14.5 Å². The van der Waals surface area contributed by atoms with E-state index in [0.717, 1.165) is 25.3 Å². The van der Waals surface area contributed by atoms with Crippen molar-refractivity contribution in [3.8, 4) is 0 Å². The lowest BCUT2D eigenvalue weighted by Gasteiger charge is -2.26. The predicted molar refractivity (Wildman–Crippen MR) is 73.1 cm³/mol. The molecule has 1 fully saturated rings. The summed E-state index contributed by atoms with van der Waals surface area (Å²) in [6, 6.07) is 2.76. The van der Waals surface area contributed by atoms with E-state index >= 15 is 0 Å². The summed E-state index contributed by atoms with van der Waals surface area (Å²) in [6.07, 6.45) is 2.83. The van der Waals surface area contributed by atoms with E-state index in [2.05, 4.69) is 13.8 Å². The van der Waals surface area contributed by atoms with Crippen LogP contribution < -0.4 is 4.90 Å². The molecular formula is C15H19F2NO2. The summed E-state index contributed by atoms with van der Waals surface area (Å²) in [5.74, 6) is -3.30. The van der Waals surface area contributed by atoms with Gasteiger partial charge in [0.05, 0.1) is 11.3 Å². The van der Waals surface area contributed by atoms with E-state index in [0.29, 0.717) is 12.5 Å². The predicted octanol–water partition coefficient (Wildman–Crippen LogP) is 3.68. The number of halogens is 2. The SMILES string of the molecule is CC(C)CCN(c1ccc(C(=O)O)c(F)c1F)C1CC1. The molecule has 0 aliphatic heterocycles. The van der Waals surface area contributed by atoms with Crippen molar-refractivity contribution in [2.24, 2.45) is 5.92 Å². The van der Waals surface area contributed by atoms with E-state index in [1.165, 1.54) is 6.07 Å².